The van der Waals surface area contributed by atoms with Gasteiger partial charge in [-0.15, -0.1) is 0 Å². The largest absolute Gasteiger partial charge is 0.496 e. The highest BCUT2D eigenvalue weighted by molar-refractivity contribution is 5.80. The van der Waals surface area contributed by atoms with Crippen LogP contribution < -0.4 is 10.1 Å². The first-order valence-electron chi connectivity index (χ1n) is 12.2. The molecule has 2 unspecified atom stereocenters. The summed E-state index contributed by atoms with van der Waals surface area (Å²) >= 11 is 0. The van der Waals surface area contributed by atoms with Gasteiger partial charge in [-0.1, -0.05) is 24.6 Å². The molecular formula is C25H42N4O3. The number of likely N-dealkylation sites (tertiary alicyclic amines) is 2. The third-order valence-corrected chi connectivity index (χ3v) is 6.45. The number of aliphatic imine (C=N–C) groups is 1. The van der Waals surface area contributed by atoms with Crippen LogP contribution in [-0.2, 0) is 9.47 Å². The van der Waals surface area contributed by atoms with E-state index in [1.54, 1.807) is 14.2 Å². The molecule has 0 spiro atoms. The second-order valence-corrected chi connectivity index (χ2v) is 8.72. The van der Waals surface area contributed by atoms with E-state index in [1.165, 1.54) is 24.8 Å². The Labute approximate surface area is 194 Å². The van der Waals surface area contributed by atoms with E-state index in [4.69, 9.17) is 19.2 Å². The molecule has 0 aromatic heterocycles. The predicted molar refractivity (Wildman–Crippen MR) is 130 cm³/mol. The number of methoxy groups -OCH3 is 2. The fourth-order valence-electron chi connectivity index (χ4n) is 4.73. The van der Waals surface area contributed by atoms with E-state index < -0.39 is 0 Å². The van der Waals surface area contributed by atoms with Crippen molar-refractivity contribution in [2.24, 2.45) is 10.9 Å². The SMILES string of the molecule is CCNC(=NCC(c1ccccc1OC)N1CCCCC1)N1CCC(COCCOC)C1. The second kappa shape index (κ2) is 13.7. The first kappa shape index (κ1) is 24.8. The van der Waals surface area contributed by atoms with Crippen molar-refractivity contribution in [1.82, 2.24) is 15.1 Å². The van der Waals surface area contributed by atoms with E-state index in [-0.39, 0.29) is 6.04 Å². The normalized spacial score (nSPS) is 21.0. The molecule has 2 aliphatic rings. The van der Waals surface area contributed by atoms with Crippen molar-refractivity contribution in [3.8, 4) is 5.75 Å². The summed E-state index contributed by atoms with van der Waals surface area (Å²) < 4.78 is 16.6. The highest BCUT2D eigenvalue weighted by Crippen LogP contribution is 2.31. The van der Waals surface area contributed by atoms with Crippen LogP contribution in [0.4, 0.5) is 0 Å². The zero-order valence-electron chi connectivity index (χ0n) is 20.2. The van der Waals surface area contributed by atoms with Crippen LogP contribution in [0, 0.1) is 5.92 Å². The Morgan fingerprint density at radius 1 is 1.12 bits per heavy atom. The van der Waals surface area contributed by atoms with Gasteiger partial charge in [0.2, 0.25) is 0 Å². The van der Waals surface area contributed by atoms with E-state index in [0.29, 0.717) is 19.1 Å². The maximum Gasteiger partial charge on any atom is 0.193 e. The molecule has 0 radical (unpaired) electrons. The number of rotatable bonds is 11. The molecule has 2 saturated heterocycles. The van der Waals surface area contributed by atoms with Crippen LogP contribution in [-0.4, -0.2) is 89.1 Å². The van der Waals surface area contributed by atoms with Crippen LogP contribution in [0.5, 0.6) is 5.75 Å². The van der Waals surface area contributed by atoms with E-state index in [0.717, 1.165) is 64.0 Å². The molecule has 0 amide bonds. The summed E-state index contributed by atoms with van der Waals surface area (Å²) in [6.07, 6.45) is 4.97. The molecule has 32 heavy (non-hydrogen) atoms. The first-order chi connectivity index (χ1) is 15.8. The van der Waals surface area contributed by atoms with Crippen molar-refractivity contribution in [3.63, 3.8) is 0 Å². The summed E-state index contributed by atoms with van der Waals surface area (Å²) in [6.45, 7) is 10.1. The molecule has 7 nitrogen and oxygen atoms in total. The standard InChI is InChI=1S/C25H42N4O3/c1-4-26-25(29-15-12-21(19-29)20-32-17-16-30-2)27-18-23(28-13-8-5-9-14-28)22-10-6-7-11-24(22)31-3/h6-7,10-11,21,23H,4-5,8-9,12-20H2,1-3H3,(H,26,27). The Hall–Kier alpha value is -1.83. The number of nitrogens with zero attached hydrogens (tertiary/aromatic N) is 3. The van der Waals surface area contributed by atoms with Crippen molar-refractivity contribution in [2.45, 2.75) is 38.6 Å². The Balaban J connectivity index is 1.70. The van der Waals surface area contributed by atoms with E-state index in [9.17, 15) is 0 Å². The first-order valence-corrected chi connectivity index (χ1v) is 12.2. The molecular weight excluding hydrogens is 404 g/mol. The fraction of sp³-hybridized carbons (Fsp3) is 0.720. The number of guanidine groups is 1. The molecule has 7 heteroatoms. The number of piperidine rings is 1. The average Bonchev–Trinajstić information content (AvgIpc) is 3.31. The molecule has 0 saturated carbocycles. The third-order valence-electron chi connectivity index (χ3n) is 6.45. The Morgan fingerprint density at radius 3 is 2.69 bits per heavy atom. The molecule has 1 N–H and O–H groups in total. The molecule has 2 atom stereocenters. The van der Waals surface area contributed by atoms with E-state index >= 15 is 0 Å². The monoisotopic (exact) mass is 446 g/mol. The minimum absolute atomic E-state index is 0.232. The van der Waals surface area contributed by atoms with Gasteiger partial charge in [0, 0.05) is 38.2 Å². The van der Waals surface area contributed by atoms with Crippen molar-refractivity contribution in [3.05, 3.63) is 29.8 Å². The van der Waals surface area contributed by atoms with Crippen molar-refractivity contribution < 1.29 is 14.2 Å². The lowest BCUT2D eigenvalue weighted by atomic mass is 10.0. The number of benzene rings is 1. The summed E-state index contributed by atoms with van der Waals surface area (Å²) in [5.41, 5.74) is 1.24. The lowest BCUT2D eigenvalue weighted by Crippen LogP contribution is -2.41. The van der Waals surface area contributed by atoms with E-state index in [2.05, 4.69) is 40.2 Å². The molecule has 2 fully saturated rings. The van der Waals surface area contributed by atoms with Crippen molar-refractivity contribution in [2.75, 3.05) is 73.3 Å². The van der Waals surface area contributed by atoms with Crippen LogP contribution in [0.1, 0.15) is 44.2 Å². The molecule has 0 aliphatic carbocycles. The van der Waals surface area contributed by atoms with Gasteiger partial charge in [0.1, 0.15) is 5.75 Å². The van der Waals surface area contributed by atoms with Crippen LogP contribution in [0.2, 0.25) is 0 Å². The van der Waals surface area contributed by atoms with Gasteiger partial charge in [0.25, 0.3) is 0 Å². The Morgan fingerprint density at radius 2 is 1.94 bits per heavy atom. The van der Waals surface area contributed by atoms with Crippen LogP contribution in [0.15, 0.2) is 29.3 Å². The number of ether oxygens (including phenoxy) is 3. The summed E-state index contributed by atoms with van der Waals surface area (Å²) in [7, 11) is 3.47. The molecule has 1 aromatic carbocycles. The minimum Gasteiger partial charge on any atom is -0.496 e. The lowest BCUT2D eigenvalue weighted by Gasteiger charge is -2.35. The molecule has 2 heterocycles. The van der Waals surface area contributed by atoms with Gasteiger partial charge >= 0.3 is 0 Å². The quantitative estimate of drug-likeness (QED) is 0.320. The second-order valence-electron chi connectivity index (χ2n) is 8.72. The fourth-order valence-corrected chi connectivity index (χ4v) is 4.73. The number of para-hydroxylation sites is 1. The summed E-state index contributed by atoms with van der Waals surface area (Å²) in [5.74, 6) is 2.52. The zero-order chi connectivity index (χ0) is 22.6. The van der Waals surface area contributed by atoms with Gasteiger partial charge in [-0.25, -0.2) is 0 Å². The van der Waals surface area contributed by atoms with Gasteiger partial charge in [-0.3, -0.25) is 9.89 Å². The average molecular weight is 447 g/mol. The third kappa shape index (κ3) is 7.09. The van der Waals surface area contributed by atoms with Gasteiger partial charge in [-0.05, 0) is 45.3 Å². The van der Waals surface area contributed by atoms with Crippen molar-refractivity contribution in [1.29, 1.82) is 0 Å². The van der Waals surface area contributed by atoms with Gasteiger partial charge in [0.15, 0.2) is 5.96 Å². The molecule has 0 bridgehead atoms. The maximum atomic E-state index is 5.77. The zero-order valence-corrected chi connectivity index (χ0v) is 20.2. The smallest absolute Gasteiger partial charge is 0.193 e. The predicted octanol–water partition coefficient (Wildman–Crippen LogP) is 3.17. The van der Waals surface area contributed by atoms with Gasteiger partial charge in [-0.2, -0.15) is 0 Å². The summed E-state index contributed by atoms with van der Waals surface area (Å²) in [4.78, 5) is 10.1. The van der Waals surface area contributed by atoms with Gasteiger partial charge < -0.3 is 24.4 Å². The minimum atomic E-state index is 0.232. The molecule has 3 rings (SSSR count). The summed E-state index contributed by atoms with van der Waals surface area (Å²) in [5, 5.41) is 3.53. The molecule has 1 aromatic rings. The van der Waals surface area contributed by atoms with Crippen molar-refractivity contribution >= 4 is 5.96 Å². The Kier molecular flexibility index (Phi) is 10.6. The van der Waals surface area contributed by atoms with Crippen LogP contribution >= 0.6 is 0 Å². The highest BCUT2D eigenvalue weighted by Gasteiger charge is 2.27. The molecule has 2 aliphatic heterocycles. The topological polar surface area (TPSA) is 58.6 Å². The molecule has 180 valence electrons. The Bertz CT molecular complexity index is 694. The number of hydrogen-bond acceptors (Lipinski definition) is 5. The summed E-state index contributed by atoms with van der Waals surface area (Å²) in [6, 6.07) is 8.65. The van der Waals surface area contributed by atoms with E-state index in [1.807, 2.05) is 6.07 Å². The lowest BCUT2D eigenvalue weighted by molar-refractivity contribution is 0.0536. The maximum absolute atomic E-state index is 5.77. The van der Waals surface area contributed by atoms with Crippen LogP contribution in [0.3, 0.4) is 0 Å². The van der Waals surface area contributed by atoms with Gasteiger partial charge in [0.05, 0.1) is 39.5 Å². The highest BCUT2D eigenvalue weighted by atomic mass is 16.5. The number of nitrogens with one attached hydrogen (secondary N) is 1. The number of hydrogen-bond donors (Lipinski definition) is 1. The van der Waals surface area contributed by atoms with Crippen LogP contribution in [0.25, 0.3) is 0 Å².